The zero-order valence-corrected chi connectivity index (χ0v) is 8.19. The van der Waals surface area contributed by atoms with Crippen LogP contribution in [0.1, 0.15) is 11.1 Å². The first-order chi connectivity index (χ1) is 6.86. The van der Waals surface area contributed by atoms with E-state index >= 15 is 0 Å². The van der Waals surface area contributed by atoms with Crippen LogP contribution in [0, 0.1) is 0 Å². The minimum atomic E-state index is 0.578. The van der Waals surface area contributed by atoms with E-state index in [1.165, 1.54) is 11.1 Å². The van der Waals surface area contributed by atoms with Crippen LogP contribution in [0.3, 0.4) is 0 Å². The van der Waals surface area contributed by atoms with E-state index in [-0.39, 0.29) is 0 Å². The summed E-state index contributed by atoms with van der Waals surface area (Å²) in [5.41, 5.74) is 13.1. The molecule has 0 radical (unpaired) electrons. The normalized spacial score (nSPS) is 11.6. The Morgan fingerprint density at radius 2 is 1.14 bits per heavy atom. The summed E-state index contributed by atoms with van der Waals surface area (Å²) < 4.78 is 0. The van der Waals surface area contributed by atoms with Crippen molar-refractivity contribution >= 4 is 12.2 Å². The van der Waals surface area contributed by atoms with Gasteiger partial charge in [0.1, 0.15) is 0 Å². The number of rotatable bonds is 4. The number of hydrogen-bond acceptors (Lipinski definition) is 2. The molecule has 0 saturated heterocycles. The predicted octanol–water partition coefficient (Wildman–Crippen LogP) is 1.63. The largest absolute Gasteiger partial charge is 0.327 e. The van der Waals surface area contributed by atoms with Crippen molar-refractivity contribution in [3.8, 4) is 0 Å². The summed E-state index contributed by atoms with van der Waals surface area (Å²) in [5, 5.41) is 0. The first-order valence-corrected chi connectivity index (χ1v) is 4.70. The second-order valence-corrected chi connectivity index (χ2v) is 2.94. The number of benzene rings is 1. The van der Waals surface area contributed by atoms with E-state index in [9.17, 15) is 0 Å². The van der Waals surface area contributed by atoms with Gasteiger partial charge in [-0.2, -0.15) is 0 Å². The monoisotopic (exact) mass is 188 g/mol. The number of nitrogens with two attached hydrogens (primary N) is 2. The smallest absolute Gasteiger partial charge is 0.0110 e. The molecule has 0 fully saturated rings. The van der Waals surface area contributed by atoms with E-state index in [0.717, 1.165) is 0 Å². The van der Waals surface area contributed by atoms with Crippen molar-refractivity contribution in [1.29, 1.82) is 0 Å². The van der Waals surface area contributed by atoms with Gasteiger partial charge in [0.25, 0.3) is 0 Å². The summed E-state index contributed by atoms with van der Waals surface area (Å²) in [6.07, 6.45) is 7.89. The maximum Gasteiger partial charge on any atom is 0.0110 e. The van der Waals surface area contributed by atoms with Crippen LogP contribution in [0.15, 0.2) is 36.4 Å². The van der Waals surface area contributed by atoms with E-state index in [1.807, 2.05) is 24.3 Å². The zero-order chi connectivity index (χ0) is 10.2. The van der Waals surface area contributed by atoms with Gasteiger partial charge in [0, 0.05) is 13.1 Å². The summed E-state index contributed by atoms with van der Waals surface area (Å²) in [5.74, 6) is 0. The molecular formula is C12H16N2. The fraction of sp³-hybridized carbons (Fsp3) is 0.167. The molecule has 1 rings (SSSR count). The highest BCUT2D eigenvalue weighted by molar-refractivity contribution is 5.55. The third kappa shape index (κ3) is 3.56. The SMILES string of the molecule is NC/C=C\c1ccc(/C=C\CN)cc1. The minimum Gasteiger partial charge on any atom is -0.327 e. The van der Waals surface area contributed by atoms with Crippen LogP contribution < -0.4 is 11.5 Å². The zero-order valence-electron chi connectivity index (χ0n) is 8.19. The van der Waals surface area contributed by atoms with Gasteiger partial charge in [-0.3, -0.25) is 0 Å². The first kappa shape index (κ1) is 10.7. The highest BCUT2D eigenvalue weighted by atomic mass is 14.5. The molecule has 0 aromatic heterocycles. The molecule has 2 nitrogen and oxygen atoms in total. The molecule has 1 aromatic rings. The molecule has 0 atom stereocenters. The van der Waals surface area contributed by atoms with E-state index < -0.39 is 0 Å². The Morgan fingerprint density at radius 1 is 0.786 bits per heavy atom. The molecule has 4 N–H and O–H groups in total. The van der Waals surface area contributed by atoms with Gasteiger partial charge in [0.05, 0.1) is 0 Å². The summed E-state index contributed by atoms with van der Waals surface area (Å²) in [7, 11) is 0. The molecule has 0 aliphatic heterocycles. The standard InChI is InChI=1S/C12H16N2/c13-9-1-3-11-5-7-12(8-6-11)4-2-10-14/h1-8H,9-10,13-14H2/b3-1-,4-2-. The van der Waals surface area contributed by atoms with Crippen LogP contribution in [-0.2, 0) is 0 Å². The van der Waals surface area contributed by atoms with Crippen LogP contribution in [0.4, 0.5) is 0 Å². The molecular weight excluding hydrogens is 172 g/mol. The number of hydrogen-bond donors (Lipinski definition) is 2. The van der Waals surface area contributed by atoms with Gasteiger partial charge in [0.15, 0.2) is 0 Å². The summed E-state index contributed by atoms with van der Waals surface area (Å²) in [6, 6.07) is 8.23. The Balaban J connectivity index is 2.68. The quantitative estimate of drug-likeness (QED) is 0.754. The second kappa shape index (κ2) is 6.13. The van der Waals surface area contributed by atoms with Crippen molar-refractivity contribution in [2.75, 3.05) is 13.1 Å². The van der Waals surface area contributed by atoms with Crippen molar-refractivity contribution in [1.82, 2.24) is 0 Å². The van der Waals surface area contributed by atoms with Gasteiger partial charge >= 0.3 is 0 Å². The molecule has 0 heterocycles. The van der Waals surface area contributed by atoms with Crippen LogP contribution >= 0.6 is 0 Å². The van der Waals surface area contributed by atoms with E-state index in [4.69, 9.17) is 11.5 Å². The highest BCUT2D eigenvalue weighted by Gasteiger charge is 1.87. The highest BCUT2D eigenvalue weighted by Crippen LogP contribution is 2.07. The van der Waals surface area contributed by atoms with Gasteiger partial charge in [-0.05, 0) is 11.1 Å². The summed E-state index contributed by atoms with van der Waals surface area (Å²) >= 11 is 0. The van der Waals surface area contributed by atoms with Gasteiger partial charge < -0.3 is 11.5 Å². The molecule has 2 heteroatoms. The lowest BCUT2D eigenvalue weighted by Crippen LogP contribution is -1.92. The van der Waals surface area contributed by atoms with E-state index in [1.54, 1.807) is 0 Å². The molecule has 74 valence electrons. The summed E-state index contributed by atoms with van der Waals surface area (Å²) in [6.45, 7) is 1.16. The Labute approximate surface area is 84.9 Å². The Kier molecular flexibility index (Phi) is 4.69. The minimum absolute atomic E-state index is 0.578. The van der Waals surface area contributed by atoms with Crippen molar-refractivity contribution in [2.45, 2.75) is 0 Å². The van der Waals surface area contributed by atoms with Crippen LogP contribution in [0.2, 0.25) is 0 Å². The van der Waals surface area contributed by atoms with Crippen molar-refractivity contribution in [3.63, 3.8) is 0 Å². The molecule has 0 aliphatic carbocycles. The van der Waals surface area contributed by atoms with Crippen LogP contribution in [0.5, 0.6) is 0 Å². The van der Waals surface area contributed by atoms with E-state index in [0.29, 0.717) is 13.1 Å². The van der Waals surface area contributed by atoms with Crippen molar-refractivity contribution in [3.05, 3.63) is 47.5 Å². The second-order valence-electron chi connectivity index (χ2n) is 2.94. The Morgan fingerprint density at radius 3 is 1.43 bits per heavy atom. The maximum absolute atomic E-state index is 5.36. The molecule has 0 spiro atoms. The van der Waals surface area contributed by atoms with Gasteiger partial charge in [0.2, 0.25) is 0 Å². The molecule has 0 amide bonds. The lowest BCUT2D eigenvalue weighted by Gasteiger charge is -1.95. The topological polar surface area (TPSA) is 52.0 Å². The Hall–Kier alpha value is -1.38. The average molecular weight is 188 g/mol. The van der Waals surface area contributed by atoms with Crippen LogP contribution in [0.25, 0.3) is 12.2 Å². The van der Waals surface area contributed by atoms with Gasteiger partial charge in [-0.15, -0.1) is 0 Å². The maximum atomic E-state index is 5.36. The first-order valence-electron chi connectivity index (χ1n) is 4.70. The molecule has 0 saturated carbocycles. The fourth-order valence-corrected chi connectivity index (χ4v) is 1.13. The average Bonchev–Trinajstić information content (AvgIpc) is 2.25. The molecule has 0 aliphatic rings. The van der Waals surface area contributed by atoms with Crippen molar-refractivity contribution in [2.24, 2.45) is 11.5 Å². The lowest BCUT2D eigenvalue weighted by atomic mass is 10.1. The molecule has 14 heavy (non-hydrogen) atoms. The van der Waals surface area contributed by atoms with Gasteiger partial charge in [-0.25, -0.2) is 0 Å². The summed E-state index contributed by atoms with van der Waals surface area (Å²) in [4.78, 5) is 0. The third-order valence-corrected chi connectivity index (χ3v) is 1.83. The molecule has 1 aromatic carbocycles. The van der Waals surface area contributed by atoms with E-state index in [2.05, 4.69) is 24.3 Å². The Bertz CT molecular complexity index is 277. The van der Waals surface area contributed by atoms with Crippen LogP contribution in [-0.4, -0.2) is 13.1 Å². The third-order valence-electron chi connectivity index (χ3n) is 1.83. The van der Waals surface area contributed by atoms with Gasteiger partial charge in [-0.1, -0.05) is 48.6 Å². The lowest BCUT2D eigenvalue weighted by molar-refractivity contribution is 1.26. The van der Waals surface area contributed by atoms with Crippen molar-refractivity contribution < 1.29 is 0 Å². The molecule has 0 bridgehead atoms. The molecule has 0 unspecified atom stereocenters. The predicted molar refractivity (Wildman–Crippen MR) is 62.6 cm³/mol. The fourth-order valence-electron chi connectivity index (χ4n) is 1.13.